The molecule has 0 spiro atoms. The van der Waals surface area contributed by atoms with E-state index in [0.717, 1.165) is 29.7 Å². The number of aryl methyl sites for hydroxylation is 1. The number of benzene rings is 2. The van der Waals surface area contributed by atoms with E-state index >= 15 is 0 Å². The first-order chi connectivity index (χ1) is 9.63. The number of rotatable bonds is 5. The normalized spacial score (nSPS) is 12.4. The van der Waals surface area contributed by atoms with Crippen molar-refractivity contribution in [1.82, 2.24) is 5.32 Å². The smallest absolute Gasteiger partial charge is 0.124 e. The maximum absolute atomic E-state index is 13.5. The molecule has 0 aliphatic carbocycles. The Morgan fingerprint density at radius 3 is 2.25 bits per heavy atom. The zero-order valence-corrected chi connectivity index (χ0v) is 12.4. The maximum Gasteiger partial charge on any atom is 0.124 e. The summed E-state index contributed by atoms with van der Waals surface area (Å²) >= 11 is 0. The third kappa shape index (κ3) is 3.45. The van der Waals surface area contributed by atoms with Crippen LogP contribution in [-0.2, 0) is 0 Å². The van der Waals surface area contributed by atoms with Gasteiger partial charge < -0.3 is 5.32 Å². The van der Waals surface area contributed by atoms with Crippen LogP contribution in [0.3, 0.4) is 0 Å². The minimum absolute atomic E-state index is 0.178. The summed E-state index contributed by atoms with van der Waals surface area (Å²) in [4.78, 5) is 0. The van der Waals surface area contributed by atoms with Gasteiger partial charge in [-0.2, -0.15) is 0 Å². The third-order valence-electron chi connectivity index (χ3n) is 3.55. The molecule has 1 unspecified atom stereocenters. The second kappa shape index (κ2) is 6.67. The standard InChI is InChI=1S/C18H22FN/c1-4-18(20-5-2)15-8-6-14(7-9-15)16-10-13(3)11-17(19)12-16/h6-12,18,20H,4-5H2,1-3H3. The second-order valence-electron chi connectivity index (χ2n) is 5.16. The SMILES string of the molecule is CCNC(CC)c1ccc(-c2cc(C)cc(F)c2)cc1. The highest BCUT2D eigenvalue weighted by Gasteiger charge is 2.08. The molecule has 2 heteroatoms. The van der Waals surface area contributed by atoms with E-state index in [1.54, 1.807) is 12.1 Å². The Labute approximate surface area is 120 Å². The lowest BCUT2D eigenvalue weighted by Crippen LogP contribution is -2.19. The zero-order chi connectivity index (χ0) is 14.5. The maximum atomic E-state index is 13.5. The van der Waals surface area contributed by atoms with E-state index in [9.17, 15) is 4.39 Å². The minimum atomic E-state index is -0.178. The number of halogens is 1. The van der Waals surface area contributed by atoms with E-state index < -0.39 is 0 Å². The summed E-state index contributed by atoms with van der Waals surface area (Å²) in [6.07, 6.45) is 1.06. The fourth-order valence-corrected chi connectivity index (χ4v) is 2.56. The van der Waals surface area contributed by atoms with E-state index in [2.05, 4.69) is 43.4 Å². The molecule has 20 heavy (non-hydrogen) atoms. The van der Waals surface area contributed by atoms with E-state index in [1.165, 1.54) is 5.56 Å². The Hall–Kier alpha value is -1.67. The van der Waals surface area contributed by atoms with Crippen molar-refractivity contribution < 1.29 is 4.39 Å². The third-order valence-corrected chi connectivity index (χ3v) is 3.55. The van der Waals surface area contributed by atoms with Crippen molar-refractivity contribution in [3.05, 3.63) is 59.4 Å². The van der Waals surface area contributed by atoms with Gasteiger partial charge in [0.05, 0.1) is 0 Å². The monoisotopic (exact) mass is 271 g/mol. The van der Waals surface area contributed by atoms with Gasteiger partial charge in [0.25, 0.3) is 0 Å². The van der Waals surface area contributed by atoms with Crippen LogP contribution in [0.4, 0.5) is 4.39 Å². The van der Waals surface area contributed by atoms with Gasteiger partial charge in [-0.05, 0) is 54.3 Å². The number of hydrogen-bond donors (Lipinski definition) is 1. The second-order valence-corrected chi connectivity index (χ2v) is 5.16. The summed E-state index contributed by atoms with van der Waals surface area (Å²) < 4.78 is 13.5. The minimum Gasteiger partial charge on any atom is -0.310 e. The van der Waals surface area contributed by atoms with Crippen molar-refractivity contribution in [1.29, 1.82) is 0 Å². The molecule has 0 saturated heterocycles. The molecule has 0 heterocycles. The molecular weight excluding hydrogens is 249 g/mol. The molecule has 2 rings (SSSR count). The van der Waals surface area contributed by atoms with Crippen LogP contribution < -0.4 is 5.32 Å². The van der Waals surface area contributed by atoms with Gasteiger partial charge in [-0.25, -0.2) is 4.39 Å². The van der Waals surface area contributed by atoms with Gasteiger partial charge in [-0.3, -0.25) is 0 Å². The van der Waals surface area contributed by atoms with Crippen LogP contribution >= 0.6 is 0 Å². The largest absolute Gasteiger partial charge is 0.310 e. The summed E-state index contributed by atoms with van der Waals surface area (Å²) in [5.41, 5.74) is 4.22. The first kappa shape index (κ1) is 14.7. The Balaban J connectivity index is 2.27. The molecule has 0 bridgehead atoms. The lowest BCUT2D eigenvalue weighted by atomic mass is 9.98. The van der Waals surface area contributed by atoms with E-state index in [0.29, 0.717) is 6.04 Å². The lowest BCUT2D eigenvalue weighted by molar-refractivity contribution is 0.537. The summed E-state index contributed by atoms with van der Waals surface area (Å²) in [6.45, 7) is 7.17. The van der Waals surface area contributed by atoms with Crippen LogP contribution in [0.1, 0.15) is 37.4 Å². The molecule has 0 radical (unpaired) electrons. The zero-order valence-electron chi connectivity index (χ0n) is 12.4. The number of nitrogens with one attached hydrogen (secondary N) is 1. The van der Waals surface area contributed by atoms with Crippen LogP contribution in [0, 0.1) is 12.7 Å². The predicted octanol–water partition coefficient (Wildman–Crippen LogP) is 4.86. The molecule has 2 aromatic rings. The lowest BCUT2D eigenvalue weighted by Gasteiger charge is -2.16. The van der Waals surface area contributed by atoms with Gasteiger partial charge >= 0.3 is 0 Å². The first-order valence-electron chi connectivity index (χ1n) is 7.25. The molecule has 106 valence electrons. The van der Waals surface area contributed by atoms with Crippen molar-refractivity contribution in [2.75, 3.05) is 6.54 Å². The van der Waals surface area contributed by atoms with Crippen LogP contribution in [0.25, 0.3) is 11.1 Å². The Morgan fingerprint density at radius 1 is 1.00 bits per heavy atom. The fourth-order valence-electron chi connectivity index (χ4n) is 2.56. The van der Waals surface area contributed by atoms with Gasteiger partial charge in [0, 0.05) is 6.04 Å². The van der Waals surface area contributed by atoms with Gasteiger partial charge in [-0.15, -0.1) is 0 Å². The van der Waals surface area contributed by atoms with Gasteiger partial charge in [-0.1, -0.05) is 44.2 Å². The first-order valence-corrected chi connectivity index (χ1v) is 7.25. The molecule has 0 amide bonds. The summed E-state index contributed by atoms with van der Waals surface area (Å²) in [6, 6.07) is 14.0. The highest BCUT2D eigenvalue weighted by molar-refractivity contribution is 5.64. The van der Waals surface area contributed by atoms with Crippen molar-refractivity contribution in [3.8, 4) is 11.1 Å². The molecule has 0 saturated carbocycles. The molecular formula is C18H22FN. The molecule has 1 N–H and O–H groups in total. The fraction of sp³-hybridized carbons (Fsp3) is 0.333. The Morgan fingerprint density at radius 2 is 1.70 bits per heavy atom. The number of hydrogen-bond acceptors (Lipinski definition) is 1. The Bertz CT molecular complexity index is 540. The molecule has 1 atom stereocenters. The highest BCUT2D eigenvalue weighted by Crippen LogP contribution is 2.24. The van der Waals surface area contributed by atoms with Crippen molar-refractivity contribution >= 4 is 0 Å². The molecule has 0 aromatic heterocycles. The summed E-state index contributed by atoms with van der Waals surface area (Å²) in [7, 11) is 0. The molecule has 1 nitrogen and oxygen atoms in total. The predicted molar refractivity (Wildman–Crippen MR) is 83.3 cm³/mol. The molecule has 0 aliphatic rings. The molecule has 2 aromatic carbocycles. The molecule has 0 fully saturated rings. The van der Waals surface area contributed by atoms with Crippen LogP contribution in [-0.4, -0.2) is 6.54 Å². The molecule has 0 aliphatic heterocycles. The average molecular weight is 271 g/mol. The average Bonchev–Trinajstić information content (AvgIpc) is 2.44. The van der Waals surface area contributed by atoms with Crippen molar-refractivity contribution in [2.45, 2.75) is 33.2 Å². The van der Waals surface area contributed by atoms with Gasteiger partial charge in [0.2, 0.25) is 0 Å². The topological polar surface area (TPSA) is 12.0 Å². The van der Waals surface area contributed by atoms with Crippen molar-refractivity contribution in [3.63, 3.8) is 0 Å². The highest BCUT2D eigenvalue weighted by atomic mass is 19.1. The van der Waals surface area contributed by atoms with Crippen LogP contribution in [0.2, 0.25) is 0 Å². The van der Waals surface area contributed by atoms with E-state index in [-0.39, 0.29) is 5.82 Å². The van der Waals surface area contributed by atoms with Crippen LogP contribution in [0.5, 0.6) is 0 Å². The van der Waals surface area contributed by atoms with Gasteiger partial charge in [0.15, 0.2) is 0 Å². The van der Waals surface area contributed by atoms with E-state index in [4.69, 9.17) is 0 Å². The van der Waals surface area contributed by atoms with Crippen LogP contribution in [0.15, 0.2) is 42.5 Å². The van der Waals surface area contributed by atoms with E-state index in [1.807, 2.05) is 13.0 Å². The Kier molecular flexibility index (Phi) is 4.91. The summed E-state index contributed by atoms with van der Waals surface area (Å²) in [5, 5.41) is 3.47. The van der Waals surface area contributed by atoms with Gasteiger partial charge in [0.1, 0.15) is 5.82 Å². The van der Waals surface area contributed by atoms with Crippen molar-refractivity contribution in [2.24, 2.45) is 0 Å². The quantitative estimate of drug-likeness (QED) is 0.818. The summed E-state index contributed by atoms with van der Waals surface area (Å²) in [5.74, 6) is -0.178.